The fourth-order valence-electron chi connectivity index (χ4n) is 3.62. The summed E-state index contributed by atoms with van der Waals surface area (Å²) in [6, 6.07) is 0.214. The third-order valence-electron chi connectivity index (χ3n) is 5.45. The summed E-state index contributed by atoms with van der Waals surface area (Å²) in [4.78, 5) is 31.8. The van der Waals surface area contributed by atoms with Gasteiger partial charge in [0.2, 0.25) is 5.28 Å². The van der Waals surface area contributed by atoms with Crippen molar-refractivity contribution in [3.05, 3.63) is 11.6 Å². The van der Waals surface area contributed by atoms with Crippen molar-refractivity contribution in [1.82, 2.24) is 19.5 Å². The molecule has 2 heterocycles. The molecule has 0 aromatic carbocycles. The number of aliphatic hydroxyl groups excluding tert-OH is 2. The van der Waals surface area contributed by atoms with E-state index in [1.807, 2.05) is 0 Å². The molecular weight excluding hydrogens is 516 g/mol. The maximum atomic E-state index is 12.1. The van der Waals surface area contributed by atoms with Crippen LogP contribution in [0.1, 0.15) is 31.9 Å². The van der Waals surface area contributed by atoms with E-state index in [1.54, 1.807) is 0 Å². The maximum Gasteiger partial charge on any atom is 0.340 e. The number of hydrogen-bond donors (Lipinski definition) is 5. The minimum Gasteiger partial charge on any atom is -0.386 e. The second-order valence-corrected chi connectivity index (χ2v) is 12.5. The van der Waals surface area contributed by atoms with Crippen molar-refractivity contribution in [3.8, 4) is 0 Å². The summed E-state index contributed by atoms with van der Waals surface area (Å²) < 4.78 is 39.0. The number of imidazole rings is 1. The van der Waals surface area contributed by atoms with Crippen LogP contribution in [0.15, 0.2) is 6.33 Å². The highest BCUT2D eigenvalue weighted by molar-refractivity contribution is 7.70. The Bertz CT molecular complexity index is 1080. The Morgan fingerprint density at radius 3 is 2.50 bits per heavy atom. The Hall–Kier alpha value is -1.18. The van der Waals surface area contributed by atoms with Crippen LogP contribution in [-0.4, -0.2) is 84.5 Å². The minimum absolute atomic E-state index is 0.0872. The van der Waals surface area contributed by atoms with E-state index in [4.69, 9.17) is 20.9 Å². The van der Waals surface area contributed by atoms with Gasteiger partial charge in [-0.2, -0.15) is 9.97 Å². The summed E-state index contributed by atoms with van der Waals surface area (Å²) in [6.45, 7) is -0.678. The number of nitrogens with one attached hydrogen (secondary N) is 1. The van der Waals surface area contributed by atoms with Crippen molar-refractivity contribution < 1.29 is 42.9 Å². The summed E-state index contributed by atoms with van der Waals surface area (Å²) in [5.41, 5.74) is 0.489. The number of anilines is 1. The summed E-state index contributed by atoms with van der Waals surface area (Å²) in [6.07, 6.45) is 0.756. The van der Waals surface area contributed by atoms with E-state index >= 15 is 0 Å². The van der Waals surface area contributed by atoms with E-state index in [0.29, 0.717) is 11.3 Å². The predicted molar refractivity (Wildman–Crippen MR) is 122 cm³/mol. The lowest BCUT2D eigenvalue weighted by Crippen LogP contribution is -2.39. The van der Waals surface area contributed by atoms with Gasteiger partial charge >= 0.3 is 15.2 Å². The zero-order valence-electron chi connectivity index (χ0n) is 18.5. The molecule has 5 atom stereocenters. The molecule has 0 radical (unpaired) electrons. The average Bonchev–Trinajstić information content (AvgIpc) is 3.42. The number of fused-ring (bicyclic) bond motifs is 1. The maximum absolute atomic E-state index is 12.1. The molecule has 3 rings (SSSR count). The number of hydrogen-bond acceptors (Lipinski definition) is 11. The second kappa shape index (κ2) is 11.3. The van der Waals surface area contributed by atoms with Gasteiger partial charge in [-0.3, -0.25) is 13.7 Å². The van der Waals surface area contributed by atoms with E-state index in [-0.39, 0.29) is 17.0 Å². The zero-order valence-corrected chi connectivity index (χ0v) is 21.1. The van der Waals surface area contributed by atoms with Crippen LogP contribution in [-0.2, 0) is 22.9 Å². The molecule has 2 aromatic rings. The molecule has 0 spiro atoms. The van der Waals surface area contributed by atoms with Gasteiger partial charge in [-0.05, 0) is 24.4 Å². The van der Waals surface area contributed by atoms with Gasteiger partial charge < -0.3 is 39.1 Å². The first kappa shape index (κ1) is 27.4. The number of rotatable bonds is 12. The summed E-state index contributed by atoms with van der Waals surface area (Å²) in [5.74, 6) is -0.744. The molecule has 2 unspecified atom stereocenters. The van der Waals surface area contributed by atoms with Crippen molar-refractivity contribution in [1.29, 1.82) is 0 Å². The van der Waals surface area contributed by atoms with Gasteiger partial charge in [0.15, 0.2) is 29.1 Å². The Morgan fingerprint density at radius 2 is 1.88 bits per heavy atom. The highest BCUT2D eigenvalue weighted by atomic mass is 35.5. The Morgan fingerprint density at radius 1 is 1.21 bits per heavy atom. The molecule has 1 saturated carbocycles. The monoisotopic (exact) mass is 543 g/mol. The third-order valence-corrected chi connectivity index (χ3v) is 9.60. The number of methoxy groups -OCH3 is 1. The van der Waals surface area contributed by atoms with Crippen LogP contribution in [0.3, 0.4) is 0 Å². The molecule has 2 aromatic heterocycles. The second-order valence-electron chi connectivity index (χ2n) is 7.86. The van der Waals surface area contributed by atoms with Crippen LogP contribution in [0, 0.1) is 0 Å². The Balaban J connectivity index is 1.76. The molecule has 0 saturated heterocycles. The third kappa shape index (κ3) is 6.73. The lowest BCUT2D eigenvalue weighted by molar-refractivity contribution is -0.113. The number of aliphatic hydroxyl groups is 2. The molecule has 34 heavy (non-hydrogen) atoms. The van der Waals surface area contributed by atoms with Crippen LogP contribution in [0.5, 0.6) is 0 Å². The van der Waals surface area contributed by atoms with Crippen molar-refractivity contribution >= 4 is 43.8 Å². The van der Waals surface area contributed by atoms with Gasteiger partial charge in [0.25, 0.3) is 0 Å². The summed E-state index contributed by atoms with van der Waals surface area (Å²) in [5, 5.41) is 24.6. The van der Waals surface area contributed by atoms with E-state index < -0.39 is 46.1 Å². The molecule has 1 aliphatic rings. The van der Waals surface area contributed by atoms with Crippen LogP contribution >= 0.6 is 26.8 Å². The SMILES string of the molecule is CO[C@H](COP(=O)(O)CP(=O)(O)OC)[C@@H](O)[C@@H](O)n1cnc2c(NC3CCCC3)nc(Cl)nc21. The quantitative estimate of drug-likeness (QED) is 0.191. The first-order valence-corrected chi connectivity index (χ1v) is 14.3. The first-order valence-electron chi connectivity index (χ1n) is 10.4. The smallest absolute Gasteiger partial charge is 0.340 e. The fraction of sp³-hybridized carbons (Fsp3) is 0.706. The Labute approximate surface area is 200 Å². The predicted octanol–water partition coefficient (Wildman–Crippen LogP) is 1.69. The molecule has 14 nitrogen and oxygen atoms in total. The van der Waals surface area contributed by atoms with E-state index in [0.717, 1.165) is 37.4 Å². The number of ether oxygens (including phenoxy) is 1. The lowest BCUT2D eigenvalue weighted by Gasteiger charge is -2.27. The molecule has 1 aliphatic carbocycles. The van der Waals surface area contributed by atoms with E-state index in [1.165, 1.54) is 13.4 Å². The zero-order chi connectivity index (χ0) is 25.1. The summed E-state index contributed by atoms with van der Waals surface area (Å²) >= 11 is 6.07. The van der Waals surface area contributed by atoms with Crippen LogP contribution in [0.2, 0.25) is 5.28 Å². The highest BCUT2D eigenvalue weighted by Gasteiger charge is 2.36. The van der Waals surface area contributed by atoms with Gasteiger partial charge in [0.1, 0.15) is 12.2 Å². The van der Waals surface area contributed by atoms with E-state index in [9.17, 15) is 29.1 Å². The normalized spacial score (nSPS) is 21.1. The molecule has 17 heteroatoms. The average molecular weight is 544 g/mol. The highest BCUT2D eigenvalue weighted by Crippen LogP contribution is 2.57. The summed E-state index contributed by atoms with van der Waals surface area (Å²) in [7, 11) is -6.80. The largest absolute Gasteiger partial charge is 0.386 e. The number of aromatic nitrogens is 4. The molecule has 0 amide bonds. The standard InChI is InChI=1S/C17H28ClN5O9P2/c1-30-11(7-32-34(28,29)9-33(26,27)31-2)13(24)16(25)23-8-19-12-14(20-10-5-3-4-6-10)21-17(18)22-15(12)23/h8,10-11,13,16,24-25H,3-7,9H2,1-2H3,(H,26,27)(H,28,29)(H,20,21,22)/t11-,13-,16-/m1/s1. The van der Waals surface area contributed by atoms with Gasteiger partial charge in [0, 0.05) is 20.3 Å². The van der Waals surface area contributed by atoms with Gasteiger partial charge in [-0.1, -0.05) is 12.8 Å². The van der Waals surface area contributed by atoms with Crippen LogP contribution < -0.4 is 5.32 Å². The van der Waals surface area contributed by atoms with Crippen molar-refractivity contribution in [2.24, 2.45) is 0 Å². The van der Waals surface area contributed by atoms with Crippen molar-refractivity contribution in [2.75, 3.05) is 32.0 Å². The minimum atomic E-state index is -4.57. The topological polar surface area (TPSA) is 198 Å². The Kier molecular flexibility index (Phi) is 9.07. The molecule has 0 bridgehead atoms. The molecule has 1 fully saturated rings. The van der Waals surface area contributed by atoms with Gasteiger partial charge in [-0.25, -0.2) is 4.98 Å². The lowest BCUT2D eigenvalue weighted by atomic mass is 10.2. The fourth-order valence-corrected chi connectivity index (χ4v) is 6.76. The van der Waals surface area contributed by atoms with Crippen LogP contribution in [0.4, 0.5) is 5.82 Å². The van der Waals surface area contributed by atoms with Gasteiger partial charge in [-0.15, -0.1) is 0 Å². The number of halogens is 1. The van der Waals surface area contributed by atoms with E-state index in [2.05, 4.69) is 24.8 Å². The number of nitrogens with zero attached hydrogens (tertiary/aromatic N) is 4. The molecular formula is C17H28ClN5O9P2. The molecule has 0 aliphatic heterocycles. The first-order chi connectivity index (χ1) is 16.0. The van der Waals surface area contributed by atoms with Crippen LogP contribution in [0.25, 0.3) is 11.2 Å². The van der Waals surface area contributed by atoms with Gasteiger partial charge in [0.05, 0.1) is 12.9 Å². The molecule has 5 N–H and O–H groups in total. The molecule has 192 valence electrons. The van der Waals surface area contributed by atoms with Crippen molar-refractivity contribution in [2.45, 2.75) is 50.2 Å². The van der Waals surface area contributed by atoms with Crippen molar-refractivity contribution in [3.63, 3.8) is 0 Å².